The standard InChI is InChI=1S/C16H20FNO2/c1-18-12-3-2-4-13(18)15(14(19)9-12)16(20)10-5-7-11(17)8-6-10/h5-8,12-13,15-16,20H,2-4,9H2,1H3/t12-,13+,15+,16-/m1/s1. The van der Waals surface area contributed by atoms with Crippen LogP contribution in [0.3, 0.4) is 0 Å². The average molecular weight is 277 g/mol. The molecule has 0 spiro atoms. The van der Waals surface area contributed by atoms with Gasteiger partial charge in [0.2, 0.25) is 0 Å². The number of carbonyl (C=O) groups excluding carboxylic acids is 1. The molecule has 2 bridgehead atoms. The lowest BCUT2D eigenvalue weighted by Gasteiger charge is -2.48. The molecule has 2 heterocycles. The summed E-state index contributed by atoms with van der Waals surface area (Å²) in [5.74, 6) is -0.567. The molecule has 3 nitrogen and oxygen atoms in total. The van der Waals surface area contributed by atoms with Crippen LogP contribution in [0.2, 0.25) is 0 Å². The van der Waals surface area contributed by atoms with Crippen LogP contribution in [-0.2, 0) is 4.79 Å². The average Bonchev–Trinajstić information content (AvgIpc) is 2.41. The Morgan fingerprint density at radius 1 is 1.30 bits per heavy atom. The Balaban J connectivity index is 1.87. The maximum absolute atomic E-state index is 13.0. The lowest BCUT2D eigenvalue weighted by Crippen LogP contribution is -2.56. The fraction of sp³-hybridized carbons (Fsp3) is 0.562. The van der Waals surface area contributed by atoms with Crippen molar-refractivity contribution in [2.75, 3.05) is 7.05 Å². The van der Waals surface area contributed by atoms with Crippen LogP contribution in [0.15, 0.2) is 24.3 Å². The second-order valence-corrected chi connectivity index (χ2v) is 6.01. The molecular weight excluding hydrogens is 257 g/mol. The highest BCUT2D eigenvalue weighted by atomic mass is 19.1. The first-order chi connectivity index (χ1) is 9.58. The van der Waals surface area contributed by atoms with E-state index in [1.807, 2.05) is 7.05 Å². The Labute approximate surface area is 118 Å². The minimum absolute atomic E-state index is 0.107. The summed E-state index contributed by atoms with van der Waals surface area (Å²) in [7, 11) is 2.05. The summed E-state index contributed by atoms with van der Waals surface area (Å²) in [6, 6.07) is 6.25. The molecule has 2 aliphatic heterocycles. The first-order valence-corrected chi connectivity index (χ1v) is 7.26. The van der Waals surface area contributed by atoms with E-state index in [4.69, 9.17) is 0 Å². The van der Waals surface area contributed by atoms with E-state index in [9.17, 15) is 14.3 Å². The molecule has 0 aliphatic carbocycles. The molecule has 1 aromatic rings. The van der Waals surface area contributed by atoms with Crippen molar-refractivity contribution in [3.05, 3.63) is 35.6 Å². The van der Waals surface area contributed by atoms with Crippen molar-refractivity contribution in [2.45, 2.75) is 43.9 Å². The fourth-order valence-electron chi connectivity index (χ4n) is 3.76. The zero-order valence-corrected chi connectivity index (χ0v) is 11.6. The summed E-state index contributed by atoms with van der Waals surface area (Å²) in [5, 5.41) is 10.6. The zero-order chi connectivity index (χ0) is 14.3. The lowest BCUT2D eigenvalue weighted by atomic mass is 9.73. The summed E-state index contributed by atoms with van der Waals surface area (Å²) in [5.41, 5.74) is 0.627. The Kier molecular flexibility index (Phi) is 3.61. The SMILES string of the molecule is CN1[C@@H]2CCC[C@H]1[C@H]([C@H](O)c1ccc(F)cc1)C(=O)C2. The monoisotopic (exact) mass is 277 g/mol. The van der Waals surface area contributed by atoms with Crippen molar-refractivity contribution in [2.24, 2.45) is 5.92 Å². The summed E-state index contributed by atoms with van der Waals surface area (Å²) in [4.78, 5) is 14.6. The quantitative estimate of drug-likeness (QED) is 0.901. The number of aliphatic hydroxyl groups excluding tert-OH is 1. The normalized spacial score (nSPS) is 32.1. The number of ketones is 1. The van der Waals surface area contributed by atoms with Gasteiger partial charge in [-0.15, -0.1) is 0 Å². The van der Waals surface area contributed by atoms with Gasteiger partial charge in [0.1, 0.15) is 11.6 Å². The Morgan fingerprint density at radius 3 is 2.70 bits per heavy atom. The Bertz CT molecular complexity index is 502. The van der Waals surface area contributed by atoms with Crippen LogP contribution in [0.5, 0.6) is 0 Å². The van der Waals surface area contributed by atoms with Crippen LogP contribution in [0.25, 0.3) is 0 Å². The first-order valence-electron chi connectivity index (χ1n) is 7.26. The van der Waals surface area contributed by atoms with E-state index >= 15 is 0 Å². The van der Waals surface area contributed by atoms with Crippen LogP contribution >= 0.6 is 0 Å². The van der Waals surface area contributed by atoms with Crippen LogP contribution in [-0.4, -0.2) is 34.9 Å². The first kappa shape index (κ1) is 13.7. The van der Waals surface area contributed by atoms with Crippen LogP contribution in [0, 0.1) is 11.7 Å². The van der Waals surface area contributed by atoms with Crippen molar-refractivity contribution in [3.8, 4) is 0 Å². The largest absolute Gasteiger partial charge is 0.388 e. The number of fused-ring (bicyclic) bond motifs is 2. The minimum Gasteiger partial charge on any atom is -0.388 e. The number of hydrogen-bond donors (Lipinski definition) is 1. The predicted octanol–water partition coefficient (Wildman–Crippen LogP) is 2.30. The molecular formula is C16H20FNO2. The number of piperidine rings is 2. The molecule has 3 rings (SSSR count). The van der Waals surface area contributed by atoms with Gasteiger partial charge >= 0.3 is 0 Å². The van der Waals surface area contributed by atoms with Gasteiger partial charge in [-0.25, -0.2) is 4.39 Å². The Morgan fingerprint density at radius 2 is 2.00 bits per heavy atom. The highest BCUT2D eigenvalue weighted by Gasteiger charge is 2.45. The van der Waals surface area contributed by atoms with E-state index in [0.717, 1.165) is 19.3 Å². The number of hydrogen-bond acceptors (Lipinski definition) is 3. The molecule has 2 saturated heterocycles. The van der Waals surface area contributed by atoms with Crippen LogP contribution < -0.4 is 0 Å². The van der Waals surface area contributed by atoms with Gasteiger partial charge < -0.3 is 5.11 Å². The lowest BCUT2D eigenvalue weighted by molar-refractivity contribution is -0.140. The molecule has 1 aromatic carbocycles. The number of aliphatic hydroxyl groups is 1. The second kappa shape index (κ2) is 5.26. The highest BCUT2D eigenvalue weighted by molar-refractivity contribution is 5.84. The van der Waals surface area contributed by atoms with Crippen molar-refractivity contribution in [3.63, 3.8) is 0 Å². The van der Waals surface area contributed by atoms with Crippen LogP contribution in [0.4, 0.5) is 4.39 Å². The molecule has 0 unspecified atom stereocenters. The molecule has 0 aromatic heterocycles. The molecule has 0 amide bonds. The van der Waals surface area contributed by atoms with Gasteiger partial charge in [0, 0.05) is 18.5 Å². The molecule has 2 aliphatic rings. The molecule has 2 fully saturated rings. The third-order valence-corrected chi connectivity index (χ3v) is 4.91. The smallest absolute Gasteiger partial charge is 0.142 e. The van der Waals surface area contributed by atoms with E-state index < -0.39 is 6.10 Å². The molecule has 0 saturated carbocycles. The van der Waals surface area contributed by atoms with Crippen molar-refractivity contribution in [1.82, 2.24) is 4.90 Å². The number of Topliss-reactive ketones (excluding diaryl/α,β-unsaturated/α-hetero) is 1. The van der Waals surface area contributed by atoms with Crippen molar-refractivity contribution >= 4 is 5.78 Å². The second-order valence-electron chi connectivity index (χ2n) is 6.01. The third-order valence-electron chi connectivity index (χ3n) is 4.91. The van der Waals surface area contributed by atoms with E-state index in [1.165, 1.54) is 12.1 Å². The van der Waals surface area contributed by atoms with Gasteiger partial charge in [-0.05, 0) is 37.6 Å². The van der Waals surface area contributed by atoms with Gasteiger partial charge in [-0.3, -0.25) is 9.69 Å². The zero-order valence-electron chi connectivity index (χ0n) is 11.6. The van der Waals surface area contributed by atoms with Gasteiger partial charge in [0.15, 0.2) is 0 Å². The summed E-state index contributed by atoms with van der Waals surface area (Å²) in [6.07, 6.45) is 2.81. The van der Waals surface area contributed by atoms with E-state index in [0.29, 0.717) is 18.0 Å². The van der Waals surface area contributed by atoms with Gasteiger partial charge in [0.05, 0.1) is 12.0 Å². The van der Waals surface area contributed by atoms with Crippen molar-refractivity contribution in [1.29, 1.82) is 0 Å². The maximum Gasteiger partial charge on any atom is 0.142 e. The third kappa shape index (κ3) is 2.27. The van der Waals surface area contributed by atoms with Gasteiger partial charge in [0.25, 0.3) is 0 Å². The summed E-state index contributed by atoms with van der Waals surface area (Å²) in [6.45, 7) is 0. The fourth-order valence-corrected chi connectivity index (χ4v) is 3.76. The number of nitrogens with zero attached hydrogens (tertiary/aromatic N) is 1. The van der Waals surface area contributed by atoms with Crippen molar-refractivity contribution < 1.29 is 14.3 Å². The molecule has 4 atom stereocenters. The minimum atomic E-state index is -0.838. The number of benzene rings is 1. The number of rotatable bonds is 2. The molecule has 4 heteroatoms. The predicted molar refractivity (Wildman–Crippen MR) is 73.7 cm³/mol. The van der Waals surface area contributed by atoms with E-state index in [1.54, 1.807) is 12.1 Å². The molecule has 108 valence electrons. The molecule has 0 radical (unpaired) electrons. The van der Waals surface area contributed by atoms with E-state index in [2.05, 4.69) is 4.90 Å². The molecule has 20 heavy (non-hydrogen) atoms. The van der Waals surface area contributed by atoms with Gasteiger partial charge in [-0.2, -0.15) is 0 Å². The van der Waals surface area contributed by atoms with Gasteiger partial charge in [-0.1, -0.05) is 18.6 Å². The van der Waals surface area contributed by atoms with Crippen LogP contribution in [0.1, 0.15) is 37.4 Å². The van der Waals surface area contributed by atoms with E-state index in [-0.39, 0.29) is 23.6 Å². The summed E-state index contributed by atoms with van der Waals surface area (Å²) < 4.78 is 13.0. The number of halogens is 1. The topological polar surface area (TPSA) is 40.5 Å². The maximum atomic E-state index is 13.0. The number of carbonyl (C=O) groups is 1. The Hall–Kier alpha value is -1.26. The highest BCUT2D eigenvalue weighted by Crippen LogP contribution is 2.40. The molecule has 1 N–H and O–H groups in total. The summed E-state index contributed by atoms with van der Waals surface area (Å²) >= 11 is 0.